The highest BCUT2D eigenvalue weighted by atomic mass is 15.2. The number of hydrogen-bond donors (Lipinski definition) is 0. The van der Waals surface area contributed by atoms with E-state index in [-0.39, 0.29) is 10.8 Å². The monoisotopic (exact) mass is 1110 g/mol. The van der Waals surface area contributed by atoms with Crippen LogP contribution in [0.25, 0.3) is 77.9 Å². The maximum Gasteiger partial charge on any atom is 0.0725 e. The largest absolute Gasteiger partial charge is 0.310 e. The molecule has 0 heterocycles. The minimum absolute atomic E-state index is 0.215. The lowest BCUT2D eigenvalue weighted by molar-refractivity contribution is 0.660. The number of nitrogens with zero attached hydrogens (tertiary/aromatic N) is 2. The summed E-state index contributed by atoms with van der Waals surface area (Å²) < 4.78 is 0. The summed E-state index contributed by atoms with van der Waals surface area (Å²) in [6, 6.07) is 114. The zero-order chi connectivity index (χ0) is 58.2. The Bertz CT molecular complexity index is 4640. The minimum atomic E-state index is -0.510. The molecule has 0 saturated carbocycles. The van der Waals surface area contributed by atoms with Gasteiger partial charge in [0.25, 0.3) is 0 Å². The molecule has 0 saturated heterocycles. The van der Waals surface area contributed by atoms with Gasteiger partial charge in [-0.2, -0.15) is 0 Å². The summed E-state index contributed by atoms with van der Waals surface area (Å²) in [5, 5.41) is 0. The van der Waals surface area contributed by atoms with Crippen molar-refractivity contribution in [3.63, 3.8) is 0 Å². The van der Waals surface area contributed by atoms with Crippen LogP contribution in [0.15, 0.2) is 303 Å². The molecular formula is C85H62N2. The molecule has 0 atom stereocenters. The van der Waals surface area contributed by atoms with Gasteiger partial charge in [0.05, 0.1) is 16.8 Å². The van der Waals surface area contributed by atoms with Crippen molar-refractivity contribution in [3.8, 4) is 77.9 Å². The molecule has 0 N–H and O–H groups in total. The standard InChI is InChI=1S/C85H62N2/c1-83(2)71-32-16-14-30-69(71)81-76(83)37-21-39-79(81)86(61-46-41-57(42-47-61)55-23-7-5-8-24-55)63-51-60(59-45-50-68-67-29-13-20-36-75(67)85(78(68)53-59)73-34-18-11-27-65(73)66-28-12-19-35-74(66)85)52-64(54-63)87(62-48-43-58(44-49-62)56-25-9-6-10-26-56)80-40-22-38-77-82(80)70-31-15-17-33-72(70)84(77,3)4/h5-54H,1-4H3. The highest BCUT2D eigenvalue weighted by Gasteiger charge is 2.52. The Kier molecular flexibility index (Phi) is 11.3. The fraction of sp³-hybridized carbons (Fsp3) is 0.0824. The first-order chi connectivity index (χ1) is 42.7. The van der Waals surface area contributed by atoms with E-state index in [9.17, 15) is 0 Å². The Hall–Kier alpha value is -10.5. The summed E-state index contributed by atoms with van der Waals surface area (Å²) in [7, 11) is 0. The first-order valence-corrected chi connectivity index (χ1v) is 30.7. The smallest absolute Gasteiger partial charge is 0.0725 e. The summed E-state index contributed by atoms with van der Waals surface area (Å²) in [4.78, 5) is 5.11. The molecule has 412 valence electrons. The zero-order valence-electron chi connectivity index (χ0n) is 49.3. The third-order valence-electron chi connectivity index (χ3n) is 19.9. The fourth-order valence-electron chi connectivity index (χ4n) is 15.9. The number of fused-ring (bicyclic) bond motifs is 16. The lowest BCUT2D eigenvalue weighted by Gasteiger charge is -2.33. The minimum Gasteiger partial charge on any atom is -0.310 e. The van der Waals surface area contributed by atoms with E-state index in [0.717, 1.165) is 45.3 Å². The maximum absolute atomic E-state index is 2.55. The molecule has 0 bridgehead atoms. The molecule has 2 heteroatoms. The number of rotatable bonds is 9. The molecule has 0 aliphatic heterocycles. The highest BCUT2D eigenvalue weighted by Crippen LogP contribution is 2.64. The number of hydrogen-bond acceptors (Lipinski definition) is 2. The Labute approximate surface area is 510 Å². The molecule has 2 nitrogen and oxygen atoms in total. The molecule has 4 aliphatic rings. The summed E-state index contributed by atoms with van der Waals surface area (Å²) in [6.07, 6.45) is 0. The Balaban J connectivity index is 0.966. The van der Waals surface area contributed by atoms with Crippen molar-refractivity contribution < 1.29 is 0 Å². The van der Waals surface area contributed by atoms with Gasteiger partial charge in [0.2, 0.25) is 0 Å². The maximum atomic E-state index is 2.55. The molecule has 4 aliphatic carbocycles. The first-order valence-electron chi connectivity index (χ1n) is 30.7. The molecule has 0 amide bonds. The van der Waals surface area contributed by atoms with Crippen LogP contribution in [-0.2, 0) is 16.2 Å². The molecule has 13 aromatic carbocycles. The van der Waals surface area contributed by atoms with Gasteiger partial charge in [0, 0.05) is 44.7 Å². The van der Waals surface area contributed by atoms with Crippen molar-refractivity contribution in [2.45, 2.75) is 43.9 Å². The third kappa shape index (κ3) is 7.47. The lowest BCUT2D eigenvalue weighted by atomic mass is 9.70. The summed E-state index contributed by atoms with van der Waals surface area (Å²) in [6.45, 7) is 9.55. The van der Waals surface area contributed by atoms with Crippen LogP contribution in [0.3, 0.4) is 0 Å². The van der Waals surface area contributed by atoms with Gasteiger partial charge in [-0.1, -0.05) is 270 Å². The quantitative estimate of drug-likeness (QED) is 0.142. The van der Waals surface area contributed by atoms with Crippen molar-refractivity contribution >= 4 is 34.1 Å². The molecule has 0 unspecified atom stereocenters. The first kappa shape index (κ1) is 50.9. The van der Waals surface area contributed by atoms with Crippen molar-refractivity contribution in [2.75, 3.05) is 9.80 Å². The molecule has 0 aromatic heterocycles. The summed E-state index contributed by atoms with van der Waals surface area (Å²) in [5.74, 6) is 0. The van der Waals surface area contributed by atoms with Crippen LogP contribution in [0.2, 0.25) is 0 Å². The van der Waals surface area contributed by atoms with Gasteiger partial charge < -0.3 is 9.80 Å². The molecule has 17 rings (SSSR count). The average Bonchev–Trinajstić information content (AvgIpc) is 1.54. The topological polar surface area (TPSA) is 6.48 Å². The van der Waals surface area contributed by atoms with Crippen LogP contribution in [0.5, 0.6) is 0 Å². The van der Waals surface area contributed by atoms with Gasteiger partial charge in [-0.05, 0) is 172 Å². The fourth-order valence-corrected chi connectivity index (χ4v) is 15.9. The van der Waals surface area contributed by atoms with Gasteiger partial charge in [-0.15, -0.1) is 0 Å². The van der Waals surface area contributed by atoms with Gasteiger partial charge in [-0.3, -0.25) is 0 Å². The van der Waals surface area contributed by atoms with E-state index < -0.39 is 5.41 Å². The zero-order valence-corrected chi connectivity index (χ0v) is 49.3. The predicted octanol–water partition coefficient (Wildman–Crippen LogP) is 22.6. The van der Waals surface area contributed by atoms with E-state index in [1.807, 2.05) is 0 Å². The summed E-state index contributed by atoms with van der Waals surface area (Å²) in [5.41, 5.74) is 33.5. The van der Waals surface area contributed by atoms with Crippen LogP contribution in [-0.4, -0.2) is 0 Å². The molecule has 87 heavy (non-hydrogen) atoms. The second kappa shape index (κ2) is 19.2. The molecule has 0 fully saturated rings. The van der Waals surface area contributed by atoms with E-state index in [1.54, 1.807) is 0 Å². The molecule has 0 radical (unpaired) electrons. The summed E-state index contributed by atoms with van der Waals surface area (Å²) >= 11 is 0. The van der Waals surface area contributed by atoms with E-state index in [1.165, 1.54) is 111 Å². The van der Waals surface area contributed by atoms with Crippen LogP contribution in [0.1, 0.15) is 72.2 Å². The van der Waals surface area contributed by atoms with Crippen LogP contribution in [0, 0.1) is 0 Å². The molecular weight excluding hydrogens is 1050 g/mol. The second-order valence-corrected chi connectivity index (χ2v) is 25.1. The van der Waals surface area contributed by atoms with Gasteiger partial charge in [-0.25, -0.2) is 0 Å². The van der Waals surface area contributed by atoms with E-state index in [2.05, 4.69) is 341 Å². The number of anilines is 6. The van der Waals surface area contributed by atoms with Gasteiger partial charge in [0.1, 0.15) is 0 Å². The van der Waals surface area contributed by atoms with Crippen molar-refractivity contribution in [1.82, 2.24) is 0 Å². The van der Waals surface area contributed by atoms with Crippen molar-refractivity contribution in [1.29, 1.82) is 0 Å². The molecule has 13 aromatic rings. The normalized spacial score (nSPS) is 14.3. The van der Waals surface area contributed by atoms with Crippen LogP contribution in [0.4, 0.5) is 34.1 Å². The highest BCUT2D eigenvalue weighted by molar-refractivity contribution is 6.01. The Morgan fingerprint density at radius 2 is 0.540 bits per heavy atom. The van der Waals surface area contributed by atoms with Gasteiger partial charge in [0.15, 0.2) is 0 Å². The van der Waals surface area contributed by atoms with E-state index in [0.29, 0.717) is 0 Å². The van der Waals surface area contributed by atoms with Crippen LogP contribution < -0.4 is 9.80 Å². The number of benzene rings is 13. The van der Waals surface area contributed by atoms with Crippen LogP contribution >= 0.6 is 0 Å². The average molecular weight is 1110 g/mol. The second-order valence-electron chi connectivity index (χ2n) is 25.1. The van der Waals surface area contributed by atoms with Gasteiger partial charge >= 0.3 is 0 Å². The third-order valence-corrected chi connectivity index (χ3v) is 19.9. The van der Waals surface area contributed by atoms with E-state index in [4.69, 9.17) is 0 Å². The SMILES string of the molecule is CC1(C)c2ccccc2-c2c(N(c3ccc(-c4ccccc4)cc3)c3cc(-c4ccc5c(c4)C4(c6ccccc6-c6ccccc64)c4ccccc4-5)cc(N(c4ccc(-c5ccccc5)cc4)c4cccc5c4-c4ccccc4C5(C)C)c3)cccc21. The lowest BCUT2D eigenvalue weighted by Crippen LogP contribution is -2.25. The molecule has 1 spiro atoms. The van der Waals surface area contributed by atoms with Crippen molar-refractivity contribution in [3.05, 3.63) is 348 Å². The van der Waals surface area contributed by atoms with E-state index >= 15 is 0 Å². The van der Waals surface area contributed by atoms with Crippen molar-refractivity contribution in [2.24, 2.45) is 0 Å². The predicted molar refractivity (Wildman–Crippen MR) is 364 cm³/mol. The Morgan fingerprint density at radius 3 is 0.966 bits per heavy atom. The Morgan fingerprint density at radius 1 is 0.207 bits per heavy atom.